The molecule has 0 N–H and O–H groups in total. The van der Waals surface area contributed by atoms with E-state index in [4.69, 9.17) is 0 Å². The largest absolute Gasteiger partial charge is 0.334 e. The normalized spacial score (nSPS) is 11.0. The van der Waals surface area contributed by atoms with Crippen LogP contribution in [0.4, 0.5) is 0 Å². The highest BCUT2D eigenvalue weighted by Gasteiger charge is 2.24. The van der Waals surface area contributed by atoms with Crippen LogP contribution in [-0.4, -0.2) is 38.4 Å². The summed E-state index contributed by atoms with van der Waals surface area (Å²) in [6.07, 6.45) is 0. The number of benzene rings is 2. The van der Waals surface area contributed by atoms with Crippen LogP contribution in [0.15, 0.2) is 83.3 Å². The number of aromatic nitrogens is 3. The van der Waals surface area contributed by atoms with Crippen molar-refractivity contribution in [3.05, 3.63) is 89.3 Å². The molecule has 2 aromatic carbocycles. The Kier molecular flexibility index (Phi) is 6.30. The van der Waals surface area contributed by atoms with E-state index in [9.17, 15) is 4.79 Å². The van der Waals surface area contributed by atoms with E-state index in [0.717, 1.165) is 27.0 Å². The summed E-state index contributed by atoms with van der Waals surface area (Å²) in [5, 5.41) is 11.3. The molecule has 0 unspecified atom stereocenters. The Bertz CT molecular complexity index is 1060. The molecule has 152 valence electrons. The summed E-state index contributed by atoms with van der Waals surface area (Å²) < 4.78 is 1.94. The summed E-state index contributed by atoms with van der Waals surface area (Å²) in [4.78, 5) is 16.0. The predicted molar refractivity (Wildman–Crippen MR) is 123 cm³/mol. The molecule has 0 spiro atoms. The average Bonchev–Trinajstić information content (AvgIpc) is 3.43. The fraction of sp³-hybridized carbons (Fsp3) is 0.174. The fourth-order valence-corrected chi connectivity index (χ4v) is 4.92. The number of hydrogen-bond acceptors (Lipinski definition) is 5. The van der Waals surface area contributed by atoms with Gasteiger partial charge in [0.15, 0.2) is 11.0 Å². The van der Waals surface area contributed by atoms with Gasteiger partial charge in [0.05, 0.1) is 16.7 Å². The van der Waals surface area contributed by atoms with E-state index in [1.54, 1.807) is 11.3 Å². The lowest BCUT2D eigenvalue weighted by molar-refractivity contribution is -0.128. The third-order valence-electron chi connectivity index (χ3n) is 4.91. The Balaban J connectivity index is 1.51. The zero-order chi connectivity index (χ0) is 20.9. The first-order chi connectivity index (χ1) is 14.6. The smallest absolute Gasteiger partial charge is 0.233 e. The lowest BCUT2D eigenvalue weighted by Crippen LogP contribution is -2.33. The maximum absolute atomic E-state index is 13.1. The molecule has 4 aromatic rings. The van der Waals surface area contributed by atoms with E-state index < -0.39 is 0 Å². The first kappa shape index (κ1) is 20.4. The van der Waals surface area contributed by atoms with E-state index in [2.05, 4.69) is 34.5 Å². The lowest BCUT2D eigenvalue weighted by Gasteiger charge is -2.29. The first-order valence-corrected chi connectivity index (χ1v) is 11.4. The van der Waals surface area contributed by atoms with Gasteiger partial charge in [-0.2, -0.15) is 0 Å². The third kappa shape index (κ3) is 4.32. The molecule has 0 aliphatic heterocycles. The van der Waals surface area contributed by atoms with Crippen molar-refractivity contribution in [2.24, 2.45) is 7.05 Å². The minimum Gasteiger partial charge on any atom is -0.334 e. The van der Waals surface area contributed by atoms with E-state index in [1.807, 2.05) is 77.5 Å². The Morgan fingerprint density at radius 1 is 1.00 bits per heavy atom. The van der Waals surface area contributed by atoms with Gasteiger partial charge in [0.25, 0.3) is 0 Å². The molecule has 0 atom stereocenters. The molecule has 7 heteroatoms. The van der Waals surface area contributed by atoms with Gasteiger partial charge in [-0.05, 0) is 22.6 Å². The fourth-order valence-electron chi connectivity index (χ4n) is 3.34. The number of thiophene rings is 1. The molecular weight excluding hydrogens is 412 g/mol. The molecule has 0 aliphatic carbocycles. The average molecular weight is 435 g/mol. The Labute approximate surface area is 184 Å². The summed E-state index contributed by atoms with van der Waals surface area (Å²) in [6.45, 7) is 0. The molecule has 2 aromatic heterocycles. The topological polar surface area (TPSA) is 51.0 Å². The number of carbonyl (C=O) groups excluding carboxylic acids is 1. The Morgan fingerprint density at radius 3 is 2.20 bits per heavy atom. The number of amides is 1. The summed E-state index contributed by atoms with van der Waals surface area (Å²) >= 11 is 3.04. The summed E-state index contributed by atoms with van der Waals surface area (Å²) in [5.74, 6) is 1.15. The maximum atomic E-state index is 13.1. The molecule has 0 fully saturated rings. The van der Waals surface area contributed by atoms with Gasteiger partial charge in [0.2, 0.25) is 5.91 Å². The summed E-state index contributed by atoms with van der Waals surface area (Å²) in [7, 11) is 3.80. The number of hydrogen-bond donors (Lipinski definition) is 0. The van der Waals surface area contributed by atoms with Crippen LogP contribution in [0.25, 0.3) is 10.7 Å². The number of thioether (sulfide) groups is 1. The van der Waals surface area contributed by atoms with Crippen molar-refractivity contribution in [2.75, 3.05) is 12.8 Å². The van der Waals surface area contributed by atoms with E-state index in [1.165, 1.54) is 11.8 Å². The molecule has 1 amide bonds. The van der Waals surface area contributed by atoms with Crippen molar-refractivity contribution < 1.29 is 4.79 Å². The van der Waals surface area contributed by atoms with Gasteiger partial charge in [-0.25, -0.2) is 0 Å². The number of carbonyl (C=O) groups is 1. The Morgan fingerprint density at radius 2 is 1.63 bits per heavy atom. The zero-order valence-corrected chi connectivity index (χ0v) is 18.4. The quantitative estimate of drug-likeness (QED) is 0.389. The van der Waals surface area contributed by atoms with Crippen LogP contribution < -0.4 is 0 Å². The molecule has 0 saturated carbocycles. The van der Waals surface area contributed by atoms with Crippen LogP contribution in [0.3, 0.4) is 0 Å². The van der Waals surface area contributed by atoms with Gasteiger partial charge in [0.1, 0.15) is 0 Å². The summed E-state index contributed by atoms with van der Waals surface area (Å²) in [5.41, 5.74) is 2.17. The van der Waals surface area contributed by atoms with E-state index in [-0.39, 0.29) is 11.9 Å². The first-order valence-electron chi connectivity index (χ1n) is 9.57. The van der Waals surface area contributed by atoms with Crippen LogP contribution >= 0.6 is 23.1 Å². The minimum atomic E-state index is -0.137. The maximum Gasteiger partial charge on any atom is 0.233 e. The van der Waals surface area contributed by atoms with Crippen LogP contribution in [-0.2, 0) is 11.8 Å². The SMILES string of the molecule is CN(C(=O)CSc1nnc(-c2cccs2)n1C)C(c1ccccc1)c1ccccc1. The van der Waals surface area contributed by atoms with Crippen molar-refractivity contribution in [1.29, 1.82) is 0 Å². The van der Waals surface area contributed by atoms with E-state index in [0.29, 0.717) is 5.75 Å². The molecule has 2 heterocycles. The van der Waals surface area contributed by atoms with Crippen LogP contribution in [0.2, 0.25) is 0 Å². The van der Waals surface area contributed by atoms with Gasteiger partial charge in [-0.3, -0.25) is 4.79 Å². The van der Waals surface area contributed by atoms with Crippen molar-refractivity contribution in [3.8, 4) is 10.7 Å². The molecule has 5 nitrogen and oxygen atoms in total. The monoisotopic (exact) mass is 434 g/mol. The third-order valence-corrected chi connectivity index (χ3v) is 6.78. The molecule has 4 rings (SSSR count). The second-order valence-corrected chi connectivity index (χ2v) is 8.75. The van der Waals surface area contributed by atoms with Crippen molar-refractivity contribution in [2.45, 2.75) is 11.2 Å². The predicted octanol–water partition coefficient (Wildman–Crippen LogP) is 4.88. The highest BCUT2D eigenvalue weighted by Crippen LogP contribution is 2.29. The molecule has 0 aliphatic rings. The van der Waals surface area contributed by atoms with Gasteiger partial charge in [0, 0.05) is 14.1 Å². The molecule has 0 radical (unpaired) electrons. The highest BCUT2D eigenvalue weighted by molar-refractivity contribution is 7.99. The summed E-state index contributed by atoms with van der Waals surface area (Å²) in [6, 6.07) is 24.1. The van der Waals surface area contributed by atoms with Gasteiger partial charge >= 0.3 is 0 Å². The van der Waals surface area contributed by atoms with Crippen LogP contribution in [0.5, 0.6) is 0 Å². The van der Waals surface area contributed by atoms with Crippen molar-refractivity contribution in [3.63, 3.8) is 0 Å². The standard InChI is InChI=1S/C23H22N4OS2/c1-26(21(17-10-5-3-6-11-17)18-12-7-4-8-13-18)20(28)16-30-23-25-24-22(27(23)2)19-14-9-15-29-19/h3-15,21H,16H2,1-2H3. The molecule has 30 heavy (non-hydrogen) atoms. The van der Waals surface area contributed by atoms with Gasteiger partial charge in [-0.1, -0.05) is 78.5 Å². The number of rotatable bonds is 7. The highest BCUT2D eigenvalue weighted by atomic mass is 32.2. The second kappa shape index (κ2) is 9.28. The number of nitrogens with zero attached hydrogens (tertiary/aromatic N) is 4. The van der Waals surface area contributed by atoms with E-state index >= 15 is 0 Å². The second-order valence-electron chi connectivity index (χ2n) is 6.86. The Hall–Kier alpha value is -2.90. The molecule has 0 bridgehead atoms. The molecule has 0 saturated heterocycles. The van der Waals surface area contributed by atoms with Crippen molar-refractivity contribution >= 4 is 29.0 Å². The van der Waals surface area contributed by atoms with Gasteiger partial charge in [-0.15, -0.1) is 21.5 Å². The minimum absolute atomic E-state index is 0.0402. The van der Waals surface area contributed by atoms with Crippen molar-refractivity contribution in [1.82, 2.24) is 19.7 Å². The zero-order valence-electron chi connectivity index (χ0n) is 16.8. The van der Waals surface area contributed by atoms with Gasteiger partial charge < -0.3 is 9.47 Å². The molecular formula is C23H22N4OS2. The lowest BCUT2D eigenvalue weighted by atomic mass is 9.97. The van der Waals surface area contributed by atoms with Crippen LogP contribution in [0.1, 0.15) is 17.2 Å². The van der Waals surface area contributed by atoms with Crippen LogP contribution in [0, 0.1) is 0 Å².